The molecule has 1 aliphatic carbocycles. The maximum absolute atomic E-state index is 9.68. The topological polar surface area (TPSA) is 47.3 Å². The van der Waals surface area contributed by atoms with Crippen LogP contribution in [0.15, 0.2) is 12.4 Å². The Morgan fingerprint density at radius 1 is 1.64 bits per heavy atom. The van der Waals surface area contributed by atoms with Gasteiger partial charge in [-0.2, -0.15) is 5.10 Å². The Bertz CT molecular complexity index is 298. The number of hydrogen-bond donors (Lipinski definition) is 1. The predicted octanol–water partition coefficient (Wildman–Crippen LogP) is 1.37. The van der Waals surface area contributed by atoms with Crippen LogP contribution in [-0.4, -0.2) is 27.6 Å². The van der Waals surface area contributed by atoms with Crippen molar-refractivity contribution in [2.24, 2.45) is 0 Å². The van der Waals surface area contributed by atoms with Crippen LogP contribution in [0.4, 0.5) is 0 Å². The first-order valence-electron chi connectivity index (χ1n) is 5.16. The minimum Gasteiger partial charge on any atom is -0.491 e. The predicted molar refractivity (Wildman–Crippen MR) is 52.3 cm³/mol. The molecule has 14 heavy (non-hydrogen) atoms. The number of aromatic nitrogens is 2. The third-order valence-electron chi connectivity index (χ3n) is 2.67. The van der Waals surface area contributed by atoms with Gasteiger partial charge in [-0.25, -0.2) is 0 Å². The Labute approximate surface area is 83.5 Å². The van der Waals surface area contributed by atoms with Crippen LogP contribution in [0.1, 0.15) is 32.2 Å². The Morgan fingerprint density at radius 2 is 2.50 bits per heavy atom. The zero-order valence-corrected chi connectivity index (χ0v) is 8.39. The van der Waals surface area contributed by atoms with Crippen molar-refractivity contribution >= 4 is 0 Å². The smallest absolute Gasteiger partial charge is 0.157 e. The van der Waals surface area contributed by atoms with Crippen molar-refractivity contribution < 1.29 is 9.84 Å². The molecule has 2 rings (SSSR count). The van der Waals surface area contributed by atoms with E-state index >= 15 is 0 Å². The quantitative estimate of drug-likeness (QED) is 0.794. The van der Waals surface area contributed by atoms with Crippen LogP contribution in [0.2, 0.25) is 0 Å². The van der Waals surface area contributed by atoms with E-state index in [0.717, 1.165) is 25.0 Å². The van der Waals surface area contributed by atoms with Crippen molar-refractivity contribution in [1.82, 2.24) is 9.78 Å². The number of hydrogen-bond acceptors (Lipinski definition) is 3. The summed E-state index contributed by atoms with van der Waals surface area (Å²) in [6.07, 6.45) is 6.29. The van der Waals surface area contributed by atoms with E-state index in [4.69, 9.17) is 4.74 Å². The average Bonchev–Trinajstić information content (AvgIpc) is 2.74. The molecule has 4 nitrogen and oxygen atoms in total. The van der Waals surface area contributed by atoms with Gasteiger partial charge in [0.25, 0.3) is 0 Å². The molecular weight excluding hydrogens is 180 g/mol. The molecular formula is C10H16N2O2. The van der Waals surface area contributed by atoms with Gasteiger partial charge in [-0.1, -0.05) is 0 Å². The van der Waals surface area contributed by atoms with Gasteiger partial charge >= 0.3 is 0 Å². The highest BCUT2D eigenvalue weighted by molar-refractivity contribution is 5.12. The summed E-state index contributed by atoms with van der Waals surface area (Å²) < 4.78 is 7.14. The molecule has 78 valence electrons. The van der Waals surface area contributed by atoms with Gasteiger partial charge in [0, 0.05) is 0 Å². The van der Waals surface area contributed by atoms with Gasteiger partial charge in [0.2, 0.25) is 0 Å². The summed E-state index contributed by atoms with van der Waals surface area (Å²) in [5.41, 5.74) is 0. The molecule has 0 saturated heterocycles. The summed E-state index contributed by atoms with van der Waals surface area (Å²) in [6, 6.07) is 0.143. The Balaban J connectivity index is 2.08. The van der Waals surface area contributed by atoms with Gasteiger partial charge in [-0.3, -0.25) is 4.68 Å². The number of nitrogens with zero attached hydrogens (tertiary/aromatic N) is 2. The summed E-state index contributed by atoms with van der Waals surface area (Å²) in [6.45, 7) is 2.60. The third kappa shape index (κ3) is 1.75. The van der Waals surface area contributed by atoms with Gasteiger partial charge in [-0.15, -0.1) is 0 Å². The molecule has 2 atom stereocenters. The molecule has 1 aromatic rings. The molecule has 0 bridgehead atoms. The lowest BCUT2D eigenvalue weighted by Gasteiger charge is -2.14. The number of aliphatic hydroxyl groups excluding tert-OH is 1. The molecule has 0 spiro atoms. The van der Waals surface area contributed by atoms with Crippen LogP contribution < -0.4 is 4.74 Å². The second-order valence-corrected chi connectivity index (χ2v) is 3.65. The van der Waals surface area contributed by atoms with Crippen molar-refractivity contribution in [2.45, 2.75) is 38.3 Å². The van der Waals surface area contributed by atoms with E-state index < -0.39 is 0 Å². The van der Waals surface area contributed by atoms with E-state index in [1.54, 1.807) is 6.20 Å². The summed E-state index contributed by atoms with van der Waals surface area (Å²) >= 11 is 0. The van der Waals surface area contributed by atoms with Crippen LogP contribution >= 0.6 is 0 Å². The second-order valence-electron chi connectivity index (χ2n) is 3.65. The largest absolute Gasteiger partial charge is 0.491 e. The minimum absolute atomic E-state index is 0.143. The second kappa shape index (κ2) is 4.00. The maximum atomic E-state index is 9.68. The van der Waals surface area contributed by atoms with E-state index in [2.05, 4.69) is 5.10 Å². The molecule has 0 aliphatic heterocycles. The van der Waals surface area contributed by atoms with Gasteiger partial charge in [-0.05, 0) is 26.2 Å². The normalized spacial score (nSPS) is 26.7. The van der Waals surface area contributed by atoms with Crippen molar-refractivity contribution in [1.29, 1.82) is 0 Å². The molecule has 1 aliphatic rings. The SMILES string of the molecule is CCOc1cnn(C2CCCC2O)c1. The van der Waals surface area contributed by atoms with Crippen molar-refractivity contribution in [3.63, 3.8) is 0 Å². The van der Waals surface area contributed by atoms with Crippen LogP contribution in [0.25, 0.3) is 0 Å². The molecule has 0 amide bonds. The Hall–Kier alpha value is -1.03. The fourth-order valence-corrected chi connectivity index (χ4v) is 1.97. The summed E-state index contributed by atoms with van der Waals surface area (Å²) in [5.74, 6) is 0.784. The average molecular weight is 196 g/mol. The highest BCUT2D eigenvalue weighted by Gasteiger charge is 2.27. The summed E-state index contributed by atoms with van der Waals surface area (Å²) in [5, 5.41) is 13.9. The first-order chi connectivity index (χ1) is 6.81. The highest BCUT2D eigenvalue weighted by atomic mass is 16.5. The molecule has 1 heterocycles. The molecule has 1 aromatic heterocycles. The fourth-order valence-electron chi connectivity index (χ4n) is 1.97. The van der Waals surface area contributed by atoms with Crippen molar-refractivity contribution in [3.8, 4) is 5.75 Å². The number of aliphatic hydroxyl groups is 1. The Morgan fingerprint density at radius 3 is 3.14 bits per heavy atom. The van der Waals surface area contributed by atoms with E-state index in [0.29, 0.717) is 6.61 Å². The molecule has 0 radical (unpaired) electrons. The minimum atomic E-state index is -0.246. The molecule has 0 aromatic carbocycles. The highest BCUT2D eigenvalue weighted by Crippen LogP contribution is 2.30. The lowest BCUT2D eigenvalue weighted by molar-refractivity contribution is 0.130. The zero-order chi connectivity index (χ0) is 9.97. The molecule has 1 saturated carbocycles. The maximum Gasteiger partial charge on any atom is 0.157 e. The van der Waals surface area contributed by atoms with Gasteiger partial charge < -0.3 is 9.84 Å². The van der Waals surface area contributed by atoms with Crippen LogP contribution in [-0.2, 0) is 0 Å². The summed E-state index contributed by atoms with van der Waals surface area (Å²) in [4.78, 5) is 0. The molecule has 1 N–H and O–H groups in total. The Kier molecular flexibility index (Phi) is 2.72. The van der Waals surface area contributed by atoms with Crippen molar-refractivity contribution in [2.75, 3.05) is 6.61 Å². The fraction of sp³-hybridized carbons (Fsp3) is 0.700. The lowest BCUT2D eigenvalue weighted by Crippen LogP contribution is -2.18. The van der Waals surface area contributed by atoms with E-state index in [9.17, 15) is 5.11 Å². The van der Waals surface area contributed by atoms with E-state index in [-0.39, 0.29) is 12.1 Å². The first-order valence-corrected chi connectivity index (χ1v) is 5.16. The number of rotatable bonds is 3. The van der Waals surface area contributed by atoms with E-state index in [1.807, 2.05) is 17.8 Å². The molecule has 2 unspecified atom stereocenters. The first kappa shape index (κ1) is 9.52. The van der Waals surface area contributed by atoms with Crippen LogP contribution in [0.3, 0.4) is 0 Å². The number of ether oxygens (including phenoxy) is 1. The van der Waals surface area contributed by atoms with E-state index in [1.165, 1.54) is 0 Å². The molecule has 1 fully saturated rings. The molecule has 4 heteroatoms. The third-order valence-corrected chi connectivity index (χ3v) is 2.67. The van der Waals surface area contributed by atoms with Gasteiger partial charge in [0.1, 0.15) is 0 Å². The van der Waals surface area contributed by atoms with Crippen LogP contribution in [0, 0.1) is 0 Å². The van der Waals surface area contributed by atoms with Crippen LogP contribution in [0.5, 0.6) is 5.75 Å². The van der Waals surface area contributed by atoms with Gasteiger partial charge in [0.05, 0.1) is 31.1 Å². The lowest BCUT2D eigenvalue weighted by atomic mass is 10.2. The van der Waals surface area contributed by atoms with Crippen molar-refractivity contribution in [3.05, 3.63) is 12.4 Å². The zero-order valence-electron chi connectivity index (χ0n) is 8.39. The monoisotopic (exact) mass is 196 g/mol. The van der Waals surface area contributed by atoms with Gasteiger partial charge in [0.15, 0.2) is 5.75 Å². The summed E-state index contributed by atoms with van der Waals surface area (Å²) in [7, 11) is 0. The standard InChI is InChI=1S/C10H16N2O2/c1-2-14-8-6-11-12(7-8)9-4-3-5-10(9)13/h6-7,9-10,13H,2-5H2,1H3.